The number of hydrogen-bond donors (Lipinski definition) is 1. The highest BCUT2D eigenvalue weighted by molar-refractivity contribution is 6.33. The van der Waals surface area contributed by atoms with E-state index in [2.05, 4.69) is 9.98 Å². The molecule has 1 aliphatic rings. The zero-order chi connectivity index (χ0) is 11.1. The summed E-state index contributed by atoms with van der Waals surface area (Å²) >= 11 is 6.09. The molecule has 0 aliphatic carbocycles. The molecule has 0 unspecified atom stereocenters. The Kier molecular flexibility index (Phi) is 2.07. The molecule has 1 N–H and O–H groups in total. The van der Waals surface area contributed by atoms with E-state index in [1.807, 2.05) is 24.3 Å². The van der Waals surface area contributed by atoms with Crippen LogP contribution in [0.5, 0.6) is 5.75 Å². The van der Waals surface area contributed by atoms with Gasteiger partial charge in [0, 0.05) is 10.8 Å². The Morgan fingerprint density at radius 2 is 1.62 bits per heavy atom. The van der Waals surface area contributed by atoms with Crippen LogP contribution in [0.2, 0.25) is 5.02 Å². The summed E-state index contributed by atoms with van der Waals surface area (Å²) < 4.78 is 0. The van der Waals surface area contributed by atoms with Gasteiger partial charge in [-0.1, -0.05) is 35.9 Å². The average molecular weight is 233 g/mol. The van der Waals surface area contributed by atoms with Gasteiger partial charge in [0.05, 0.1) is 18.4 Å². The highest BCUT2D eigenvalue weighted by Gasteiger charge is 2.12. The van der Waals surface area contributed by atoms with Gasteiger partial charge in [-0.15, -0.1) is 0 Å². The number of halogens is 1. The first kappa shape index (κ1) is 9.60. The first-order valence-corrected chi connectivity index (χ1v) is 5.45. The second kappa shape index (κ2) is 3.46. The van der Waals surface area contributed by atoms with Crippen molar-refractivity contribution in [2.75, 3.05) is 13.1 Å². The van der Waals surface area contributed by atoms with Crippen molar-refractivity contribution in [2.45, 2.75) is 0 Å². The number of hydrogen-bond acceptors (Lipinski definition) is 3. The molecule has 0 atom stereocenters. The lowest BCUT2D eigenvalue weighted by Gasteiger charge is -2.07. The maximum atomic E-state index is 9.98. The normalized spacial score (nSPS) is 14.1. The van der Waals surface area contributed by atoms with Crippen molar-refractivity contribution in [3.05, 3.63) is 40.0 Å². The van der Waals surface area contributed by atoms with Crippen LogP contribution in [0, 0.1) is 0 Å². The molecule has 0 radical (unpaired) electrons. The van der Waals surface area contributed by atoms with Crippen LogP contribution in [0.15, 0.2) is 34.3 Å². The number of nitrogens with zero attached hydrogens (tertiary/aromatic N) is 2. The minimum Gasteiger partial charge on any atom is -0.506 e. The van der Waals surface area contributed by atoms with E-state index in [0.717, 1.165) is 16.1 Å². The summed E-state index contributed by atoms with van der Waals surface area (Å²) in [5, 5.41) is 13.3. The van der Waals surface area contributed by atoms with Gasteiger partial charge in [0.25, 0.3) is 0 Å². The monoisotopic (exact) mass is 232 g/mol. The van der Waals surface area contributed by atoms with Crippen LogP contribution >= 0.6 is 11.6 Å². The molecule has 4 heteroatoms. The van der Waals surface area contributed by atoms with Gasteiger partial charge < -0.3 is 5.11 Å². The van der Waals surface area contributed by atoms with E-state index < -0.39 is 0 Å². The molecular weight excluding hydrogens is 224 g/mol. The summed E-state index contributed by atoms with van der Waals surface area (Å²) in [5.41, 5.74) is 0. The predicted molar refractivity (Wildman–Crippen MR) is 62.7 cm³/mol. The van der Waals surface area contributed by atoms with E-state index in [0.29, 0.717) is 23.5 Å². The van der Waals surface area contributed by atoms with Crippen molar-refractivity contribution >= 4 is 22.4 Å². The van der Waals surface area contributed by atoms with Gasteiger partial charge in [-0.3, -0.25) is 9.98 Å². The highest BCUT2D eigenvalue weighted by atomic mass is 35.5. The fourth-order valence-electron chi connectivity index (χ4n) is 1.99. The van der Waals surface area contributed by atoms with Gasteiger partial charge in [0.2, 0.25) is 0 Å². The van der Waals surface area contributed by atoms with Crippen molar-refractivity contribution in [3.8, 4) is 5.75 Å². The summed E-state index contributed by atoms with van der Waals surface area (Å²) in [5.74, 6) is 0.0943. The average Bonchev–Trinajstić information content (AvgIpc) is 2.36. The SMILES string of the molecule is Oc1c(Cl)c2c(c3ccccc13)=NCCN=2. The number of rotatable bonds is 0. The Hall–Kier alpha value is -1.61. The quantitative estimate of drug-likeness (QED) is 0.734. The van der Waals surface area contributed by atoms with E-state index in [4.69, 9.17) is 11.6 Å². The lowest BCUT2D eigenvalue weighted by molar-refractivity contribution is 0.480. The van der Waals surface area contributed by atoms with Crippen molar-refractivity contribution in [1.82, 2.24) is 0 Å². The summed E-state index contributed by atoms with van der Waals surface area (Å²) in [6, 6.07) is 7.54. The Bertz CT molecular complexity index is 694. The van der Waals surface area contributed by atoms with Gasteiger partial charge in [0.1, 0.15) is 16.1 Å². The Balaban J connectivity index is 2.68. The van der Waals surface area contributed by atoms with Gasteiger partial charge in [-0.25, -0.2) is 0 Å². The first-order chi connectivity index (χ1) is 7.79. The van der Waals surface area contributed by atoms with Crippen molar-refractivity contribution < 1.29 is 5.11 Å². The molecule has 0 aromatic heterocycles. The lowest BCUT2D eigenvalue weighted by Crippen LogP contribution is -2.31. The van der Waals surface area contributed by atoms with Crippen LogP contribution in [-0.2, 0) is 0 Å². The molecule has 0 saturated heterocycles. The Morgan fingerprint density at radius 1 is 1.00 bits per heavy atom. The van der Waals surface area contributed by atoms with Crippen molar-refractivity contribution in [1.29, 1.82) is 0 Å². The van der Waals surface area contributed by atoms with Crippen molar-refractivity contribution in [2.24, 2.45) is 9.98 Å². The number of benzene rings is 2. The van der Waals surface area contributed by atoms with Gasteiger partial charge in [0.15, 0.2) is 0 Å². The Labute approximate surface area is 96.7 Å². The second-order valence-corrected chi connectivity index (χ2v) is 4.05. The lowest BCUT2D eigenvalue weighted by atomic mass is 10.1. The van der Waals surface area contributed by atoms with Crippen LogP contribution in [0.25, 0.3) is 10.8 Å². The predicted octanol–water partition coefficient (Wildman–Crippen LogP) is 1.45. The second-order valence-electron chi connectivity index (χ2n) is 3.67. The van der Waals surface area contributed by atoms with Crippen LogP contribution in [-0.4, -0.2) is 18.2 Å². The fourth-order valence-corrected chi connectivity index (χ4v) is 2.24. The topological polar surface area (TPSA) is 45.0 Å². The molecule has 1 heterocycles. The van der Waals surface area contributed by atoms with Crippen LogP contribution in [0.1, 0.15) is 0 Å². The number of phenols is 1. The molecule has 2 aromatic carbocycles. The molecule has 16 heavy (non-hydrogen) atoms. The van der Waals surface area contributed by atoms with Crippen molar-refractivity contribution in [3.63, 3.8) is 0 Å². The van der Waals surface area contributed by atoms with Gasteiger partial charge >= 0.3 is 0 Å². The maximum absolute atomic E-state index is 9.98. The fraction of sp³-hybridized carbons (Fsp3) is 0.167. The summed E-state index contributed by atoms with van der Waals surface area (Å²) in [7, 11) is 0. The minimum atomic E-state index is 0.0943. The third kappa shape index (κ3) is 1.21. The molecular formula is C12H9ClN2O. The maximum Gasteiger partial charge on any atom is 0.144 e. The third-order valence-electron chi connectivity index (χ3n) is 2.72. The zero-order valence-electron chi connectivity index (χ0n) is 8.44. The first-order valence-electron chi connectivity index (χ1n) is 5.07. The van der Waals surface area contributed by atoms with E-state index >= 15 is 0 Å². The van der Waals surface area contributed by atoms with Crippen LogP contribution < -0.4 is 10.7 Å². The molecule has 0 fully saturated rings. The standard InChI is InChI=1S/C12H9ClN2O/c13-9-11-10(14-5-6-15-11)7-3-1-2-4-8(7)12(9)16/h1-4,16H,5-6H2. The van der Waals surface area contributed by atoms with E-state index in [-0.39, 0.29) is 5.75 Å². The molecule has 80 valence electrons. The van der Waals surface area contributed by atoms with Crippen LogP contribution in [0.4, 0.5) is 0 Å². The van der Waals surface area contributed by atoms with E-state index in [9.17, 15) is 5.11 Å². The molecule has 0 bridgehead atoms. The minimum absolute atomic E-state index is 0.0943. The number of fused-ring (bicyclic) bond motifs is 3. The number of phenolic OH excluding ortho intramolecular Hbond substituents is 1. The summed E-state index contributed by atoms with van der Waals surface area (Å²) in [6.45, 7) is 1.31. The molecule has 0 spiro atoms. The Morgan fingerprint density at radius 3 is 2.38 bits per heavy atom. The molecule has 3 nitrogen and oxygen atoms in total. The summed E-state index contributed by atoms with van der Waals surface area (Å²) in [4.78, 5) is 8.75. The van der Waals surface area contributed by atoms with E-state index in [1.165, 1.54) is 0 Å². The largest absolute Gasteiger partial charge is 0.506 e. The molecule has 3 rings (SSSR count). The van der Waals surface area contributed by atoms with Gasteiger partial charge in [-0.2, -0.15) is 0 Å². The molecule has 2 aromatic rings. The molecule has 1 aliphatic heterocycles. The third-order valence-corrected chi connectivity index (χ3v) is 3.08. The highest BCUT2D eigenvalue weighted by Crippen LogP contribution is 2.27. The summed E-state index contributed by atoms with van der Waals surface area (Å²) in [6.07, 6.45) is 0. The molecule has 0 saturated carbocycles. The van der Waals surface area contributed by atoms with Crippen LogP contribution in [0.3, 0.4) is 0 Å². The zero-order valence-corrected chi connectivity index (χ0v) is 9.20. The molecule has 0 amide bonds. The van der Waals surface area contributed by atoms with Gasteiger partial charge in [-0.05, 0) is 0 Å². The number of aromatic hydroxyl groups is 1. The van der Waals surface area contributed by atoms with E-state index in [1.54, 1.807) is 0 Å². The smallest absolute Gasteiger partial charge is 0.144 e.